The van der Waals surface area contributed by atoms with Gasteiger partial charge in [-0.3, -0.25) is 29.0 Å². The number of fused-ring (bicyclic) bond motifs is 1. The third kappa shape index (κ3) is 6.92. The van der Waals surface area contributed by atoms with Crippen molar-refractivity contribution in [3.05, 3.63) is 119 Å². The average Bonchev–Trinajstić information content (AvgIpc) is 3.33. The summed E-state index contributed by atoms with van der Waals surface area (Å²) in [5.74, 6) is -0.0976. The van der Waals surface area contributed by atoms with Crippen LogP contribution in [0.4, 0.5) is 13.2 Å². The molecule has 1 amide bonds. The lowest BCUT2D eigenvalue weighted by Gasteiger charge is -2.27. The lowest BCUT2D eigenvalue weighted by molar-refractivity contribution is -0.137. The fourth-order valence-corrected chi connectivity index (χ4v) is 5.76. The Labute approximate surface area is 268 Å². The van der Waals surface area contributed by atoms with Crippen LogP contribution in [0.5, 0.6) is 0 Å². The number of nitrogens with zero attached hydrogens (tertiary/aromatic N) is 6. The SMILES string of the molecule is CN(CC1=CC=CN(C(=O)Cc2nc3c(c(=O)n(C)c(=O)n3C)n2Cc2cccc(Br)c2)N1)Cc1ccc(Cl)c(C(F)(F)F)c1. The van der Waals surface area contributed by atoms with Crippen molar-refractivity contribution in [1.82, 2.24) is 34.0 Å². The molecular formula is C30H28BrClF3N7O3. The zero-order valence-electron chi connectivity index (χ0n) is 24.4. The Kier molecular flexibility index (Phi) is 9.10. The number of rotatable bonds is 8. The van der Waals surface area contributed by atoms with Gasteiger partial charge in [0.2, 0.25) is 0 Å². The number of carbonyl (C=O) groups excluding carboxylic acids is 1. The molecule has 2 aromatic heterocycles. The number of hydrazine groups is 1. The van der Waals surface area contributed by atoms with Gasteiger partial charge in [-0.25, -0.2) is 14.8 Å². The van der Waals surface area contributed by atoms with E-state index in [0.717, 1.165) is 20.7 Å². The first kappa shape index (κ1) is 32.3. The molecule has 10 nitrogen and oxygen atoms in total. The monoisotopic (exact) mass is 705 g/mol. The molecule has 45 heavy (non-hydrogen) atoms. The van der Waals surface area contributed by atoms with Crippen molar-refractivity contribution in [1.29, 1.82) is 0 Å². The number of halogens is 5. The Bertz CT molecular complexity index is 1980. The van der Waals surface area contributed by atoms with E-state index in [1.54, 1.807) is 28.7 Å². The van der Waals surface area contributed by atoms with Gasteiger partial charge in [-0.2, -0.15) is 13.2 Å². The van der Waals surface area contributed by atoms with Crippen molar-refractivity contribution < 1.29 is 18.0 Å². The summed E-state index contributed by atoms with van der Waals surface area (Å²) in [7, 11) is 4.65. The van der Waals surface area contributed by atoms with Gasteiger partial charge < -0.3 is 4.57 Å². The number of imidazole rings is 1. The number of allylic oxidation sites excluding steroid dienone is 2. The van der Waals surface area contributed by atoms with Crippen LogP contribution in [0.3, 0.4) is 0 Å². The molecule has 0 bridgehead atoms. The molecule has 0 fully saturated rings. The van der Waals surface area contributed by atoms with Gasteiger partial charge >= 0.3 is 11.9 Å². The normalized spacial score (nSPS) is 13.4. The number of hydrogen-bond donors (Lipinski definition) is 1. The predicted octanol–water partition coefficient (Wildman–Crippen LogP) is 4.34. The van der Waals surface area contributed by atoms with E-state index in [0.29, 0.717) is 17.1 Å². The molecule has 5 rings (SSSR count). The minimum Gasteiger partial charge on any atom is -0.317 e. The van der Waals surface area contributed by atoms with Crippen LogP contribution >= 0.6 is 27.5 Å². The molecule has 1 N–H and O–H groups in total. The highest BCUT2D eigenvalue weighted by molar-refractivity contribution is 9.10. The van der Waals surface area contributed by atoms with Crippen LogP contribution in [0, 0.1) is 0 Å². The second kappa shape index (κ2) is 12.7. The number of carbonyl (C=O) groups is 1. The molecule has 0 atom stereocenters. The van der Waals surface area contributed by atoms with Crippen LogP contribution in [0.2, 0.25) is 5.02 Å². The van der Waals surface area contributed by atoms with Gasteiger partial charge in [0, 0.05) is 50.1 Å². The van der Waals surface area contributed by atoms with Crippen molar-refractivity contribution >= 4 is 44.6 Å². The Morgan fingerprint density at radius 3 is 2.53 bits per heavy atom. The third-order valence-electron chi connectivity index (χ3n) is 7.26. The molecule has 0 saturated heterocycles. The summed E-state index contributed by atoms with van der Waals surface area (Å²) in [4.78, 5) is 45.7. The smallest absolute Gasteiger partial charge is 0.317 e. The molecule has 0 radical (unpaired) electrons. The Hall–Kier alpha value is -4.14. The van der Waals surface area contributed by atoms with Crippen molar-refractivity contribution in [2.45, 2.75) is 25.7 Å². The molecule has 4 aromatic rings. The molecule has 0 spiro atoms. The number of aryl methyl sites for hydroxylation is 1. The summed E-state index contributed by atoms with van der Waals surface area (Å²) in [6.45, 7) is 0.716. The van der Waals surface area contributed by atoms with Crippen LogP contribution in [0.1, 0.15) is 22.5 Å². The molecule has 15 heteroatoms. The highest BCUT2D eigenvalue weighted by Crippen LogP contribution is 2.35. The van der Waals surface area contributed by atoms with Gasteiger partial charge in [-0.1, -0.05) is 45.7 Å². The second-order valence-corrected chi connectivity index (χ2v) is 12.0. The van der Waals surface area contributed by atoms with Gasteiger partial charge in [0.25, 0.3) is 11.5 Å². The van der Waals surface area contributed by atoms with Crippen LogP contribution in [0.15, 0.2) is 80.6 Å². The first-order chi connectivity index (χ1) is 21.2. The highest BCUT2D eigenvalue weighted by atomic mass is 79.9. The van der Waals surface area contributed by atoms with Crippen molar-refractivity contribution in [3.63, 3.8) is 0 Å². The predicted molar refractivity (Wildman–Crippen MR) is 167 cm³/mol. The Morgan fingerprint density at radius 2 is 1.82 bits per heavy atom. The minimum absolute atomic E-state index is 0.168. The Balaban J connectivity index is 1.35. The standard InChI is InChI=1S/C30H28BrClF3N7O3/c1-38(15-19-9-10-23(32)22(13-19)30(33,34)35)17-21-8-5-11-42(37-21)25(43)14-24-36-27-26(28(44)40(3)29(45)39(27)2)41(24)16-18-6-4-7-20(31)12-18/h4-13,37H,14-17H2,1-3H3. The number of nitrogens with one attached hydrogen (secondary N) is 1. The molecule has 236 valence electrons. The van der Waals surface area contributed by atoms with E-state index in [2.05, 4.69) is 26.3 Å². The quantitative estimate of drug-likeness (QED) is 0.293. The van der Waals surface area contributed by atoms with E-state index >= 15 is 0 Å². The van der Waals surface area contributed by atoms with E-state index in [1.165, 1.54) is 42.0 Å². The number of aromatic nitrogens is 4. The topological polar surface area (TPSA) is 97.4 Å². The summed E-state index contributed by atoms with van der Waals surface area (Å²) < 4.78 is 44.7. The first-order valence-corrected chi connectivity index (χ1v) is 14.8. The summed E-state index contributed by atoms with van der Waals surface area (Å²) in [5.41, 5.74) is 3.34. The summed E-state index contributed by atoms with van der Waals surface area (Å²) in [6.07, 6.45) is 0.198. The van der Waals surface area contributed by atoms with Gasteiger partial charge in [-0.05, 0) is 54.6 Å². The summed E-state index contributed by atoms with van der Waals surface area (Å²) in [6, 6.07) is 11.3. The molecule has 1 aliphatic heterocycles. The van der Waals surface area contributed by atoms with E-state index in [1.807, 2.05) is 24.3 Å². The fourth-order valence-electron chi connectivity index (χ4n) is 5.09. The van der Waals surface area contributed by atoms with Gasteiger partial charge in [0.15, 0.2) is 11.2 Å². The molecular weight excluding hydrogens is 679 g/mol. The van der Waals surface area contributed by atoms with Crippen LogP contribution < -0.4 is 16.7 Å². The number of likely N-dealkylation sites (N-methyl/N-ethyl adjacent to an activating group) is 1. The maximum absolute atomic E-state index is 13.5. The molecule has 0 aliphatic carbocycles. The van der Waals surface area contributed by atoms with E-state index in [9.17, 15) is 27.6 Å². The zero-order chi connectivity index (χ0) is 32.6. The molecule has 3 heterocycles. The molecule has 0 unspecified atom stereocenters. The van der Waals surface area contributed by atoms with Crippen LogP contribution in [0.25, 0.3) is 11.2 Å². The maximum Gasteiger partial charge on any atom is 0.417 e. The van der Waals surface area contributed by atoms with Gasteiger partial charge in [0.05, 0.1) is 17.0 Å². The molecule has 2 aromatic carbocycles. The number of amides is 1. The number of alkyl halides is 3. The van der Waals surface area contributed by atoms with Crippen molar-refractivity contribution in [2.24, 2.45) is 14.1 Å². The molecule has 1 aliphatic rings. The lowest BCUT2D eigenvalue weighted by Crippen LogP contribution is -2.43. The third-order valence-corrected chi connectivity index (χ3v) is 8.08. The van der Waals surface area contributed by atoms with E-state index < -0.39 is 23.0 Å². The van der Waals surface area contributed by atoms with Gasteiger partial charge in [-0.15, -0.1) is 0 Å². The van der Waals surface area contributed by atoms with Crippen LogP contribution in [-0.4, -0.2) is 48.1 Å². The second-order valence-electron chi connectivity index (χ2n) is 10.7. The number of benzene rings is 2. The summed E-state index contributed by atoms with van der Waals surface area (Å²) >= 11 is 9.20. The highest BCUT2D eigenvalue weighted by Gasteiger charge is 2.33. The largest absolute Gasteiger partial charge is 0.417 e. The maximum atomic E-state index is 13.5. The first-order valence-electron chi connectivity index (χ1n) is 13.6. The van der Waals surface area contributed by atoms with Crippen molar-refractivity contribution in [3.8, 4) is 0 Å². The van der Waals surface area contributed by atoms with Crippen LogP contribution in [-0.2, 0) is 44.6 Å². The van der Waals surface area contributed by atoms with E-state index in [-0.39, 0.29) is 48.1 Å². The Morgan fingerprint density at radius 1 is 1.07 bits per heavy atom. The minimum atomic E-state index is -4.56. The van der Waals surface area contributed by atoms with Gasteiger partial charge in [0.1, 0.15) is 5.82 Å². The lowest BCUT2D eigenvalue weighted by atomic mass is 10.1. The molecule has 0 saturated carbocycles. The fraction of sp³-hybridized carbons (Fsp3) is 0.267. The van der Waals surface area contributed by atoms with Crippen molar-refractivity contribution in [2.75, 3.05) is 13.6 Å². The zero-order valence-corrected chi connectivity index (χ0v) is 26.7. The summed E-state index contributed by atoms with van der Waals surface area (Å²) in [5, 5.41) is 0.922. The number of hydrogen-bond acceptors (Lipinski definition) is 6. The van der Waals surface area contributed by atoms with E-state index in [4.69, 9.17) is 11.6 Å². The average molecular weight is 707 g/mol.